The van der Waals surface area contributed by atoms with Crippen molar-refractivity contribution in [3.05, 3.63) is 42.1 Å². The molecule has 0 unspecified atom stereocenters. The predicted molar refractivity (Wildman–Crippen MR) is 128 cm³/mol. The van der Waals surface area contributed by atoms with Crippen LogP contribution in [0.5, 0.6) is 0 Å². The van der Waals surface area contributed by atoms with Gasteiger partial charge in [-0.3, -0.25) is 0 Å². The maximum atomic E-state index is 2.44. The van der Waals surface area contributed by atoms with E-state index in [1.54, 1.807) is 0 Å². The molecule has 2 rings (SSSR count). The Labute approximate surface area is 204 Å². The standard InChI is InChI=1S/C28H46N.HI/c1-3-4-5-6-7-8-9-10-11-12-13-14-15-16-17-20-24-29-25-23-26(2)27-21-18-19-22-28(27)29;/h18-19,21-23,25H,3-17,20,24H2,1-2H3;1H/q+1;/p-1. The van der Waals surface area contributed by atoms with Crippen molar-refractivity contribution in [2.45, 2.75) is 123 Å². The Bertz CT molecular complexity index is 667. The Morgan fingerprint density at radius 1 is 0.600 bits per heavy atom. The van der Waals surface area contributed by atoms with E-state index in [1.165, 1.54) is 119 Å². The smallest absolute Gasteiger partial charge is 0.212 e. The van der Waals surface area contributed by atoms with Crippen molar-refractivity contribution in [1.29, 1.82) is 0 Å². The van der Waals surface area contributed by atoms with Crippen LogP contribution in [0.4, 0.5) is 0 Å². The highest BCUT2D eigenvalue weighted by Gasteiger charge is 2.09. The Hall–Kier alpha value is -0.640. The Morgan fingerprint density at radius 3 is 1.60 bits per heavy atom. The van der Waals surface area contributed by atoms with E-state index in [4.69, 9.17) is 0 Å². The average Bonchev–Trinajstić information content (AvgIpc) is 2.75. The number of fused-ring (bicyclic) bond motifs is 1. The van der Waals surface area contributed by atoms with Crippen LogP contribution in [0.2, 0.25) is 0 Å². The Balaban J connectivity index is 0.00000450. The lowest BCUT2D eigenvalue weighted by Crippen LogP contribution is -3.00. The molecular formula is C28H46IN. The van der Waals surface area contributed by atoms with E-state index in [0.717, 1.165) is 6.54 Å². The molecule has 170 valence electrons. The van der Waals surface area contributed by atoms with Crippen molar-refractivity contribution in [1.82, 2.24) is 0 Å². The van der Waals surface area contributed by atoms with E-state index in [9.17, 15) is 0 Å². The summed E-state index contributed by atoms with van der Waals surface area (Å²) in [4.78, 5) is 0. The minimum Gasteiger partial charge on any atom is -1.00 e. The number of benzene rings is 1. The molecule has 0 aliphatic carbocycles. The van der Waals surface area contributed by atoms with Gasteiger partial charge in [0.2, 0.25) is 5.52 Å². The molecule has 0 fully saturated rings. The molecule has 0 saturated heterocycles. The first-order valence-corrected chi connectivity index (χ1v) is 12.7. The summed E-state index contributed by atoms with van der Waals surface area (Å²) in [6.07, 6.45) is 25.2. The first-order chi connectivity index (χ1) is 14.3. The fourth-order valence-corrected chi connectivity index (χ4v) is 4.45. The largest absolute Gasteiger partial charge is 1.00 e. The lowest BCUT2D eigenvalue weighted by Gasteiger charge is -2.05. The third kappa shape index (κ3) is 11.1. The fraction of sp³-hybridized carbons (Fsp3) is 0.679. The molecule has 0 amide bonds. The van der Waals surface area contributed by atoms with Gasteiger partial charge in [-0.2, -0.15) is 4.57 Å². The van der Waals surface area contributed by atoms with E-state index >= 15 is 0 Å². The Morgan fingerprint density at radius 2 is 1.07 bits per heavy atom. The van der Waals surface area contributed by atoms with Crippen molar-refractivity contribution in [3.8, 4) is 0 Å². The summed E-state index contributed by atoms with van der Waals surface area (Å²) in [5, 5.41) is 1.39. The number of hydrogen-bond acceptors (Lipinski definition) is 0. The lowest BCUT2D eigenvalue weighted by atomic mass is 10.0. The number of hydrogen-bond donors (Lipinski definition) is 0. The van der Waals surface area contributed by atoms with Gasteiger partial charge in [0.25, 0.3) is 0 Å². The summed E-state index contributed by atoms with van der Waals surface area (Å²) in [5.41, 5.74) is 2.76. The predicted octanol–water partition coefficient (Wildman–Crippen LogP) is 5.70. The second kappa shape index (κ2) is 18.0. The SMILES string of the molecule is CCCCCCCCCCCCCCCCCC[n+]1ccc(C)c2ccccc21.[I-]. The second-order valence-corrected chi connectivity index (χ2v) is 9.01. The van der Waals surface area contributed by atoms with Gasteiger partial charge in [-0.1, -0.05) is 109 Å². The van der Waals surface area contributed by atoms with Gasteiger partial charge < -0.3 is 24.0 Å². The van der Waals surface area contributed by atoms with E-state index < -0.39 is 0 Å². The molecular weight excluding hydrogens is 477 g/mol. The van der Waals surface area contributed by atoms with Gasteiger partial charge in [0, 0.05) is 23.9 Å². The minimum atomic E-state index is 0. The van der Waals surface area contributed by atoms with Crippen molar-refractivity contribution in [2.75, 3.05) is 0 Å². The number of aryl methyl sites for hydroxylation is 2. The summed E-state index contributed by atoms with van der Waals surface area (Å²) >= 11 is 0. The Kier molecular flexibility index (Phi) is 16.4. The normalized spacial score (nSPS) is 11.0. The zero-order valence-corrected chi connectivity index (χ0v) is 22.0. The molecule has 0 atom stereocenters. The number of unbranched alkanes of at least 4 members (excludes halogenated alkanes) is 15. The van der Waals surface area contributed by atoms with Crippen LogP contribution in [0.1, 0.15) is 115 Å². The molecule has 2 aromatic rings. The molecule has 1 heterocycles. The van der Waals surface area contributed by atoms with Crippen LogP contribution < -0.4 is 28.5 Å². The molecule has 0 N–H and O–H groups in total. The van der Waals surface area contributed by atoms with Gasteiger partial charge in [-0.15, -0.1) is 0 Å². The monoisotopic (exact) mass is 523 g/mol. The van der Waals surface area contributed by atoms with Crippen LogP contribution in [0.3, 0.4) is 0 Å². The minimum absolute atomic E-state index is 0. The van der Waals surface area contributed by atoms with Gasteiger partial charge in [0.05, 0.1) is 0 Å². The molecule has 1 aromatic heterocycles. The summed E-state index contributed by atoms with van der Waals surface area (Å²) in [5.74, 6) is 0. The van der Waals surface area contributed by atoms with Gasteiger partial charge in [0.15, 0.2) is 6.20 Å². The topological polar surface area (TPSA) is 3.88 Å². The highest BCUT2D eigenvalue weighted by molar-refractivity contribution is 5.78. The quantitative estimate of drug-likeness (QED) is 0.142. The van der Waals surface area contributed by atoms with Gasteiger partial charge in [-0.25, -0.2) is 0 Å². The number of pyridine rings is 1. The number of para-hydroxylation sites is 1. The van der Waals surface area contributed by atoms with Crippen molar-refractivity contribution in [2.24, 2.45) is 0 Å². The van der Waals surface area contributed by atoms with E-state index in [0.29, 0.717) is 0 Å². The summed E-state index contributed by atoms with van der Waals surface area (Å²) in [6, 6.07) is 11.1. The summed E-state index contributed by atoms with van der Waals surface area (Å²) in [6.45, 7) is 5.66. The number of halogens is 1. The molecule has 0 radical (unpaired) electrons. The summed E-state index contributed by atoms with van der Waals surface area (Å²) < 4.78 is 2.44. The van der Waals surface area contributed by atoms with Crippen molar-refractivity contribution >= 4 is 10.9 Å². The number of nitrogens with zero attached hydrogens (tertiary/aromatic N) is 1. The number of rotatable bonds is 17. The molecule has 0 spiro atoms. The third-order valence-corrected chi connectivity index (χ3v) is 6.40. The fourth-order valence-electron chi connectivity index (χ4n) is 4.45. The average molecular weight is 524 g/mol. The zero-order valence-electron chi connectivity index (χ0n) is 19.8. The van der Waals surface area contributed by atoms with Crippen LogP contribution in [-0.2, 0) is 6.54 Å². The van der Waals surface area contributed by atoms with E-state index in [1.807, 2.05) is 0 Å². The zero-order chi connectivity index (χ0) is 20.6. The highest BCUT2D eigenvalue weighted by Crippen LogP contribution is 2.15. The molecule has 0 bridgehead atoms. The van der Waals surface area contributed by atoms with Gasteiger partial charge in [0.1, 0.15) is 6.54 Å². The van der Waals surface area contributed by atoms with Gasteiger partial charge >= 0.3 is 0 Å². The molecule has 0 aliphatic rings. The van der Waals surface area contributed by atoms with Gasteiger partial charge in [-0.05, 0) is 25.0 Å². The molecule has 0 saturated carbocycles. The van der Waals surface area contributed by atoms with Crippen molar-refractivity contribution in [3.63, 3.8) is 0 Å². The van der Waals surface area contributed by atoms with Crippen LogP contribution >= 0.6 is 0 Å². The number of aromatic nitrogens is 1. The molecule has 1 nitrogen and oxygen atoms in total. The first-order valence-electron chi connectivity index (χ1n) is 12.7. The summed E-state index contributed by atoms with van der Waals surface area (Å²) in [7, 11) is 0. The van der Waals surface area contributed by atoms with Crippen LogP contribution in [0.15, 0.2) is 36.5 Å². The third-order valence-electron chi connectivity index (χ3n) is 6.40. The lowest BCUT2D eigenvalue weighted by molar-refractivity contribution is -0.671. The highest BCUT2D eigenvalue weighted by atomic mass is 127. The maximum absolute atomic E-state index is 2.44. The van der Waals surface area contributed by atoms with Crippen LogP contribution in [0, 0.1) is 6.92 Å². The molecule has 30 heavy (non-hydrogen) atoms. The van der Waals surface area contributed by atoms with Crippen LogP contribution in [0.25, 0.3) is 10.9 Å². The first kappa shape index (κ1) is 27.4. The second-order valence-electron chi connectivity index (χ2n) is 9.01. The van der Waals surface area contributed by atoms with E-state index in [2.05, 4.69) is 54.9 Å². The molecule has 1 aromatic carbocycles. The van der Waals surface area contributed by atoms with E-state index in [-0.39, 0.29) is 24.0 Å². The maximum Gasteiger partial charge on any atom is 0.212 e. The van der Waals surface area contributed by atoms with Crippen LogP contribution in [-0.4, -0.2) is 0 Å². The molecule has 2 heteroatoms. The van der Waals surface area contributed by atoms with Crippen molar-refractivity contribution < 1.29 is 28.5 Å². The molecule has 0 aliphatic heterocycles.